The zero-order valence-electron chi connectivity index (χ0n) is 20.9. The molecule has 6 nitrogen and oxygen atoms in total. The van der Waals surface area contributed by atoms with Crippen molar-refractivity contribution >= 4 is 34.8 Å². The van der Waals surface area contributed by atoms with Crippen molar-refractivity contribution in [2.75, 3.05) is 35.8 Å². The summed E-state index contributed by atoms with van der Waals surface area (Å²) in [4.78, 5) is 45.5. The quantitative estimate of drug-likeness (QED) is 0.494. The largest absolute Gasteiger partial charge is 0.315 e. The van der Waals surface area contributed by atoms with Crippen molar-refractivity contribution in [3.05, 3.63) is 102 Å². The van der Waals surface area contributed by atoms with Gasteiger partial charge in [0.2, 0.25) is 5.91 Å². The molecule has 0 saturated carbocycles. The first-order chi connectivity index (χ1) is 17.4. The van der Waals surface area contributed by atoms with Crippen molar-refractivity contribution in [3.63, 3.8) is 0 Å². The van der Waals surface area contributed by atoms with E-state index in [4.69, 9.17) is 0 Å². The van der Waals surface area contributed by atoms with Crippen LogP contribution in [0.1, 0.15) is 19.3 Å². The fraction of sp³-hybridized carbons (Fsp3) is 0.233. The summed E-state index contributed by atoms with van der Waals surface area (Å²) < 4.78 is 0. The highest BCUT2D eigenvalue weighted by atomic mass is 16.2. The van der Waals surface area contributed by atoms with Gasteiger partial charge in [0.15, 0.2) is 0 Å². The molecule has 3 aromatic carbocycles. The number of carbonyl (C=O) groups is 3. The van der Waals surface area contributed by atoms with Crippen molar-refractivity contribution in [1.82, 2.24) is 0 Å². The molecule has 0 saturated heterocycles. The molecule has 0 N–H and O–H groups in total. The Morgan fingerprint density at radius 1 is 0.583 bits per heavy atom. The van der Waals surface area contributed by atoms with Crippen LogP contribution in [-0.2, 0) is 14.4 Å². The Labute approximate surface area is 212 Å². The summed E-state index contributed by atoms with van der Waals surface area (Å²) in [7, 11) is 5.17. The van der Waals surface area contributed by atoms with Crippen LogP contribution >= 0.6 is 0 Å². The molecule has 1 unspecified atom stereocenters. The molecule has 1 aliphatic carbocycles. The maximum absolute atomic E-state index is 13.8. The lowest BCUT2D eigenvalue weighted by Crippen LogP contribution is -2.39. The van der Waals surface area contributed by atoms with Gasteiger partial charge in [-0.25, -0.2) is 0 Å². The minimum Gasteiger partial charge on any atom is -0.315 e. The molecule has 0 spiro atoms. The van der Waals surface area contributed by atoms with Gasteiger partial charge in [-0.15, -0.1) is 0 Å². The van der Waals surface area contributed by atoms with Crippen LogP contribution in [0.4, 0.5) is 17.1 Å². The summed E-state index contributed by atoms with van der Waals surface area (Å²) in [5, 5.41) is 0. The van der Waals surface area contributed by atoms with Crippen molar-refractivity contribution < 1.29 is 14.4 Å². The summed E-state index contributed by atoms with van der Waals surface area (Å²) in [5.74, 6) is -0.923. The summed E-state index contributed by atoms with van der Waals surface area (Å²) in [6, 6.07) is 28.1. The van der Waals surface area contributed by atoms with E-state index in [2.05, 4.69) is 0 Å². The van der Waals surface area contributed by atoms with Gasteiger partial charge in [0, 0.05) is 55.3 Å². The third kappa shape index (κ3) is 5.23. The first kappa shape index (κ1) is 24.9. The van der Waals surface area contributed by atoms with E-state index in [0.717, 1.165) is 17.1 Å². The summed E-state index contributed by atoms with van der Waals surface area (Å²) in [6.07, 6.45) is 1.08. The van der Waals surface area contributed by atoms with E-state index in [1.165, 1.54) is 0 Å². The molecule has 0 fully saturated rings. The van der Waals surface area contributed by atoms with E-state index in [1.54, 1.807) is 35.8 Å². The van der Waals surface area contributed by atoms with E-state index in [9.17, 15) is 14.4 Å². The van der Waals surface area contributed by atoms with Crippen LogP contribution in [0.5, 0.6) is 0 Å². The lowest BCUT2D eigenvalue weighted by Gasteiger charge is -2.32. The molecular formula is C30H31N3O3. The lowest BCUT2D eigenvalue weighted by molar-refractivity contribution is -0.123. The Bertz CT molecular complexity index is 1260. The normalized spacial score (nSPS) is 15.2. The first-order valence-corrected chi connectivity index (χ1v) is 12.1. The lowest BCUT2D eigenvalue weighted by atomic mass is 9.81. The first-order valence-electron chi connectivity index (χ1n) is 12.1. The second-order valence-electron chi connectivity index (χ2n) is 9.03. The van der Waals surface area contributed by atoms with Crippen molar-refractivity contribution in [1.29, 1.82) is 0 Å². The average Bonchev–Trinajstić information content (AvgIpc) is 2.95. The van der Waals surface area contributed by atoms with Crippen LogP contribution in [0.2, 0.25) is 0 Å². The number of benzene rings is 3. The molecule has 0 aromatic heterocycles. The fourth-order valence-electron chi connectivity index (χ4n) is 4.60. The molecule has 1 atom stereocenters. The van der Waals surface area contributed by atoms with Gasteiger partial charge in [-0.2, -0.15) is 0 Å². The van der Waals surface area contributed by atoms with Crippen LogP contribution in [0.3, 0.4) is 0 Å². The molecule has 184 valence electrons. The number of rotatable bonds is 6. The van der Waals surface area contributed by atoms with Crippen LogP contribution in [-0.4, -0.2) is 38.9 Å². The van der Waals surface area contributed by atoms with Crippen LogP contribution in [0.15, 0.2) is 102 Å². The number of nitrogens with zero attached hydrogens (tertiary/aromatic N) is 3. The predicted molar refractivity (Wildman–Crippen MR) is 144 cm³/mol. The smallest absolute Gasteiger partial charge is 0.254 e. The minimum absolute atomic E-state index is 0.0585. The Morgan fingerprint density at radius 2 is 0.972 bits per heavy atom. The molecule has 0 radical (unpaired) electrons. The number of amides is 3. The predicted octanol–water partition coefficient (Wildman–Crippen LogP) is 5.07. The molecule has 3 amide bonds. The number of carbonyl (C=O) groups excluding carboxylic acids is 3. The maximum Gasteiger partial charge on any atom is 0.254 e. The Hall–Kier alpha value is -4.19. The topological polar surface area (TPSA) is 60.9 Å². The van der Waals surface area contributed by atoms with Crippen LogP contribution in [0.25, 0.3) is 0 Å². The summed E-state index contributed by atoms with van der Waals surface area (Å²) in [5.41, 5.74) is 3.15. The molecule has 0 aliphatic heterocycles. The van der Waals surface area contributed by atoms with Gasteiger partial charge in [0.25, 0.3) is 11.8 Å². The second-order valence-corrected chi connectivity index (χ2v) is 9.03. The molecule has 1 aliphatic rings. The Balaban J connectivity index is 1.67. The Kier molecular flexibility index (Phi) is 7.64. The van der Waals surface area contributed by atoms with Gasteiger partial charge in [0.1, 0.15) is 0 Å². The van der Waals surface area contributed by atoms with Crippen LogP contribution < -0.4 is 14.7 Å². The highest BCUT2D eigenvalue weighted by Crippen LogP contribution is 2.35. The molecule has 4 rings (SSSR count). The third-order valence-electron chi connectivity index (χ3n) is 6.79. The number of hydrogen-bond donors (Lipinski definition) is 0. The Morgan fingerprint density at radius 3 is 1.42 bits per heavy atom. The average molecular weight is 482 g/mol. The SMILES string of the molecule is CN(C(=O)C1=C(C(=O)N(C)c2ccccc2)CC(C(=O)N(C)c2ccccc2)CC1)c1ccccc1. The monoisotopic (exact) mass is 481 g/mol. The molecule has 3 aromatic rings. The maximum atomic E-state index is 13.8. The van der Waals surface area contributed by atoms with Gasteiger partial charge in [-0.05, 0) is 55.7 Å². The summed E-state index contributed by atoms with van der Waals surface area (Å²) in [6.45, 7) is 0. The highest BCUT2D eigenvalue weighted by molar-refractivity contribution is 6.15. The molecule has 0 bridgehead atoms. The van der Waals surface area contributed by atoms with Gasteiger partial charge >= 0.3 is 0 Å². The van der Waals surface area contributed by atoms with E-state index in [1.807, 2.05) is 91.0 Å². The van der Waals surface area contributed by atoms with Crippen molar-refractivity contribution in [3.8, 4) is 0 Å². The van der Waals surface area contributed by atoms with Gasteiger partial charge in [-0.3, -0.25) is 14.4 Å². The molecule has 6 heteroatoms. The third-order valence-corrected chi connectivity index (χ3v) is 6.79. The number of anilines is 3. The fourth-order valence-corrected chi connectivity index (χ4v) is 4.60. The molecular weight excluding hydrogens is 450 g/mol. The highest BCUT2D eigenvalue weighted by Gasteiger charge is 2.36. The van der Waals surface area contributed by atoms with Gasteiger partial charge < -0.3 is 14.7 Å². The van der Waals surface area contributed by atoms with Gasteiger partial charge in [-0.1, -0.05) is 54.6 Å². The molecule has 36 heavy (non-hydrogen) atoms. The minimum atomic E-state index is -0.392. The number of hydrogen-bond acceptors (Lipinski definition) is 3. The number of para-hydroxylation sites is 3. The van der Waals surface area contributed by atoms with E-state index in [-0.39, 0.29) is 24.1 Å². The zero-order valence-corrected chi connectivity index (χ0v) is 20.9. The second kappa shape index (κ2) is 11.0. The van der Waals surface area contributed by atoms with Crippen molar-refractivity contribution in [2.45, 2.75) is 19.3 Å². The molecule has 0 heterocycles. The zero-order chi connectivity index (χ0) is 25.7. The standard InChI is InChI=1S/C30H31N3O3/c1-31(23-13-7-4-8-14-23)28(34)22-19-20-26(29(35)32(2)24-15-9-5-10-16-24)27(21-22)30(36)33(3)25-17-11-6-12-18-25/h4-18,22H,19-21H2,1-3H3. The van der Waals surface area contributed by atoms with E-state index >= 15 is 0 Å². The summed E-state index contributed by atoms with van der Waals surface area (Å²) >= 11 is 0. The van der Waals surface area contributed by atoms with E-state index in [0.29, 0.717) is 24.0 Å². The van der Waals surface area contributed by atoms with Crippen molar-refractivity contribution in [2.24, 2.45) is 5.92 Å². The van der Waals surface area contributed by atoms with Crippen LogP contribution in [0, 0.1) is 5.92 Å². The number of likely N-dealkylation sites (N-methyl/N-ethyl adjacent to an activating group) is 2. The van der Waals surface area contributed by atoms with Gasteiger partial charge in [0.05, 0.1) is 0 Å². The van der Waals surface area contributed by atoms with E-state index < -0.39 is 5.92 Å².